The number of imidazole rings is 1. The second-order valence-corrected chi connectivity index (χ2v) is 9.67. The van der Waals surface area contributed by atoms with Crippen LogP contribution in [0.1, 0.15) is 68.5 Å². The van der Waals surface area contributed by atoms with Gasteiger partial charge in [-0.25, -0.2) is 4.98 Å². The fourth-order valence-corrected chi connectivity index (χ4v) is 5.32. The number of aliphatic hydroxyl groups is 1. The van der Waals surface area contributed by atoms with E-state index in [1.807, 2.05) is 0 Å². The molecule has 30 heavy (non-hydrogen) atoms. The summed E-state index contributed by atoms with van der Waals surface area (Å²) >= 11 is 0. The summed E-state index contributed by atoms with van der Waals surface area (Å²) in [5, 5.41) is 13.1. The molecule has 2 aromatic rings. The highest BCUT2D eigenvalue weighted by atomic mass is 16.3. The quantitative estimate of drug-likeness (QED) is 0.808. The second-order valence-electron chi connectivity index (χ2n) is 9.67. The first-order valence-electron chi connectivity index (χ1n) is 11.7. The molecule has 1 unspecified atom stereocenters. The van der Waals surface area contributed by atoms with Crippen LogP contribution in [0, 0.1) is 19.8 Å². The van der Waals surface area contributed by atoms with Gasteiger partial charge in [0.25, 0.3) is 0 Å². The first kappa shape index (κ1) is 19.9. The molecule has 5 rings (SSSR count). The smallest absolute Gasteiger partial charge is 0.223 e. The van der Waals surface area contributed by atoms with Crippen molar-refractivity contribution in [3.05, 3.63) is 23.3 Å². The van der Waals surface area contributed by atoms with Crippen molar-refractivity contribution in [2.75, 3.05) is 18.0 Å². The van der Waals surface area contributed by atoms with E-state index in [4.69, 9.17) is 4.98 Å². The van der Waals surface area contributed by atoms with Gasteiger partial charge in [0.2, 0.25) is 11.9 Å². The number of fused-ring (bicyclic) bond motifs is 1. The maximum absolute atomic E-state index is 12.7. The lowest BCUT2D eigenvalue weighted by Crippen LogP contribution is -2.46. The third-order valence-corrected chi connectivity index (χ3v) is 7.68. The number of aromatic nitrogens is 2. The van der Waals surface area contributed by atoms with Gasteiger partial charge >= 0.3 is 0 Å². The Balaban J connectivity index is 1.32. The first-order valence-corrected chi connectivity index (χ1v) is 11.7. The van der Waals surface area contributed by atoms with E-state index in [9.17, 15) is 9.90 Å². The van der Waals surface area contributed by atoms with E-state index in [1.54, 1.807) is 0 Å². The number of nitrogens with one attached hydrogen (secondary N) is 1. The highest BCUT2D eigenvalue weighted by Gasteiger charge is 2.33. The SMILES string of the molecule is Cc1cc2nc(N3CCC(C(=O)N[C@@H]4CCCC4O)CC3)n(C3CCC3)c2cc1C. The molecule has 162 valence electrons. The summed E-state index contributed by atoms with van der Waals surface area (Å²) in [6, 6.07) is 5.02. The Bertz CT molecular complexity index is 940. The van der Waals surface area contributed by atoms with E-state index in [1.165, 1.54) is 35.9 Å². The zero-order chi connectivity index (χ0) is 20.8. The van der Waals surface area contributed by atoms with Gasteiger partial charge in [-0.15, -0.1) is 0 Å². The number of hydrogen-bond donors (Lipinski definition) is 2. The van der Waals surface area contributed by atoms with Gasteiger partial charge in [0.1, 0.15) is 0 Å². The summed E-state index contributed by atoms with van der Waals surface area (Å²) in [4.78, 5) is 20.2. The van der Waals surface area contributed by atoms with Crippen molar-refractivity contribution in [1.29, 1.82) is 0 Å². The lowest BCUT2D eigenvalue weighted by Gasteiger charge is -2.36. The van der Waals surface area contributed by atoms with Gasteiger partial charge < -0.3 is 19.9 Å². The molecule has 6 nitrogen and oxygen atoms in total. The highest BCUT2D eigenvalue weighted by Crippen LogP contribution is 2.39. The fraction of sp³-hybridized carbons (Fsp3) is 0.667. The normalized spacial score (nSPS) is 25.6. The summed E-state index contributed by atoms with van der Waals surface area (Å²) in [5.41, 5.74) is 4.96. The number of nitrogens with zero attached hydrogens (tertiary/aromatic N) is 3. The minimum Gasteiger partial charge on any atom is -0.391 e. The third-order valence-electron chi connectivity index (χ3n) is 7.68. The Labute approximate surface area is 178 Å². The Kier molecular flexibility index (Phi) is 5.21. The monoisotopic (exact) mass is 410 g/mol. The zero-order valence-electron chi connectivity index (χ0n) is 18.2. The standard InChI is InChI=1S/C24H34N4O2/c1-15-13-20-21(14-16(15)2)28(18-5-3-6-18)24(26-20)27-11-9-17(10-12-27)23(30)25-19-7-4-8-22(19)29/h13-14,17-19,22,29H,3-12H2,1-2H3,(H,25,30)/t19-,22?/m1/s1. The Morgan fingerprint density at radius 2 is 1.73 bits per heavy atom. The van der Waals surface area contributed by atoms with Crippen LogP contribution < -0.4 is 10.2 Å². The number of piperidine rings is 1. The number of rotatable bonds is 4. The highest BCUT2D eigenvalue weighted by molar-refractivity contribution is 5.82. The molecule has 0 spiro atoms. The summed E-state index contributed by atoms with van der Waals surface area (Å²) in [6.07, 6.45) is 7.78. The van der Waals surface area contributed by atoms with Crippen LogP contribution in [-0.2, 0) is 4.79 Å². The van der Waals surface area contributed by atoms with E-state index in [0.29, 0.717) is 6.04 Å². The lowest BCUT2D eigenvalue weighted by atomic mass is 9.92. The van der Waals surface area contributed by atoms with Gasteiger partial charge in [-0.1, -0.05) is 0 Å². The average Bonchev–Trinajstić information content (AvgIpc) is 3.25. The maximum atomic E-state index is 12.7. The lowest BCUT2D eigenvalue weighted by molar-refractivity contribution is -0.127. The molecule has 3 fully saturated rings. The molecule has 1 aliphatic heterocycles. The van der Waals surface area contributed by atoms with Crippen molar-refractivity contribution in [2.24, 2.45) is 5.92 Å². The first-order chi connectivity index (χ1) is 14.5. The molecule has 0 radical (unpaired) electrons. The third kappa shape index (κ3) is 3.49. The van der Waals surface area contributed by atoms with Crippen molar-refractivity contribution in [1.82, 2.24) is 14.9 Å². The molecule has 0 bridgehead atoms. The summed E-state index contributed by atoms with van der Waals surface area (Å²) < 4.78 is 2.47. The van der Waals surface area contributed by atoms with Crippen molar-refractivity contribution < 1.29 is 9.90 Å². The van der Waals surface area contributed by atoms with Crippen molar-refractivity contribution in [3.63, 3.8) is 0 Å². The summed E-state index contributed by atoms with van der Waals surface area (Å²) in [6.45, 7) is 6.05. The predicted molar refractivity (Wildman–Crippen MR) is 119 cm³/mol. The molecular formula is C24H34N4O2. The van der Waals surface area contributed by atoms with Crippen molar-refractivity contribution >= 4 is 22.9 Å². The van der Waals surface area contributed by atoms with Crippen LogP contribution in [0.2, 0.25) is 0 Å². The Morgan fingerprint density at radius 3 is 2.37 bits per heavy atom. The molecule has 6 heteroatoms. The number of hydrogen-bond acceptors (Lipinski definition) is 4. The Hall–Kier alpha value is -2.08. The molecule has 2 atom stereocenters. The summed E-state index contributed by atoms with van der Waals surface area (Å²) in [5.74, 6) is 1.25. The van der Waals surface area contributed by atoms with Crippen LogP contribution in [0.25, 0.3) is 11.0 Å². The molecule has 2 heterocycles. The molecule has 2 aliphatic carbocycles. The largest absolute Gasteiger partial charge is 0.391 e. The summed E-state index contributed by atoms with van der Waals surface area (Å²) in [7, 11) is 0. The topological polar surface area (TPSA) is 70.4 Å². The van der Waals surface area contributed by atoms with E-state index >= 15 is 0 Å². The number of anilines is 1. The second kappa shape index (κ2) is 7.88. The minimum atomic E-state index is -0.372. The van der Waals surface area contributed by atoms with Crippen molar-refractivity contribution in [3.8, 4) is 0 Å². The van der Waals surface area contributed by atoms with Crippen LogP contribution in [0.4, 0.5) is 5.95 Å². The number of aryl methyl sites for hydroxylation is 2. The van der Waals surface area contributed by atoms with E-state index in [2.05, 4.69) is 40.8 Å². The molecule has 1 saturated heterocycles. The van der Waals surface area contributed by atoms with Gasteiger partial charge in [-0.05, 0) is 88.5 Å². The number of benzene rings is 1. The number of carbonyl (C=O) groups is 1. The number of carbonyl (C=O) groups excluding carboxylic acids is 1. The van der Waals surface area contributed by atoms with Crippen molar-refractivity contribution in [2.45, 2.75) is 83.4 Å². The van der Waals surface area contributed by atoms with Gasteiger partial charge in [0, 0.05) is 25.0 Å². The van der Waals surface area contributed by atoms with Gasteiger partial charge in [0.15, 0.2) is 0 Å². The van der Waals surface area contributed by atoms with Gasteiger partial charge in [0.05, 0.1) is 23.2 Å². The molecule has 2 N–H and O–H groups in total. The number of amides is 1. The molecule has 3 aliphatic rings. The predicted octanol–water partition coefficient (Wildman–Crippen LogP) is 3.62. The molecule has 1 aromatic carbocycles. The molecule has 1 amide bonds. The van der Waals surface area contributed by atoms with E-state index in [-0.39, 0.29) is 24.0 Å². The van der Waals surface area contributed by atoms with Crippen LogP contribution in [0.3, 0.4) is 0 Å². The van der Waals surface area contributed by atoms with Gasteiger partial charge in [-0.2, -0.15) is 0 Å². The van der Waals surface area contributed by atoms with Gasteiger partial charge in [-0.3, -0.25) is 4.79 Å². The van der Waals surface area contributed by atoms with E-state index < -0.39 is 0 Å². The van der Waals surface area contributed by atoms with Crippen LogP contribution >= 0.6 is 0 Å². The van der Waals surface area contributed by atoms with Crippen LogP contribution in [0.5, 0.6) is 0 Å². The fourth-order valence-electron chi connectivity index (χ4n) is 5.32. The average molecular weight is 411 g/mol. The maximum Gasteiger partial charge on any atom is 0.223 e. The number of aliphatic hydroxyl groups excluding tert-OH is 1. The van der Waals surface area contributed by atoms with Crippen LogP contribution in [-0.4, -0.2) is 45.8 Å². The molecule has 2 saturated carbocycles. The molecular weight excluding hydrogens is 376 g/mol. The Morgan fingerprint density at radius 1 is 1.03 bits per heavy atom. The van der Waals surface area contributed by atoms with Crippen LogP contribution in [0.15, 0.2) is 12.1 Å². The van der Waals surface area contributed by atoms with E-state index in [0.717, 1.165) is 56.7 Å². The zero-order valence-corrected chi connectivity index (χ0v) is 18.2. The molecule has 1 aromatic heterocycles. The minimum absolute atomic E-state index is 0.0417.